The van der Waals surface area contributed by atoms with E-state index in [0.29, 0.717) is 0 Å². The van der Waals surface area contributed by atoms with Crippen LogP contribution in [0.25, 0.3) is 0 Å². The molecule has 0 aliphatic heterocycles. The SMILES string of the molecule is C#CC=CC[CH2]. The molecule has 0 saturated heterocycles. The van der Waals surface area contributed by atoms with Crippen molar-refractivity contribution in [2.75, 3.05) is 0 Å². The molecule has 0 aromatic rings. The van der Waals surface area contributed by atoms with Gasteiger partial charge in [0.1, 0.15) is 0 Å². The highest BCUT2D eigenvalue weighted by molar-refractivity contribution is 5.08. The first-order valence-electron chi connectivity index (χ1n) is 1.82. The second kappa shape index (κ2) is 4.30. The van der Waals surface area contributed by atoms with Gasteiger partial charge in [0, 0.05) is 0 Å². The molecular formula is C6H7. The monoisotopic (exact) mass is 79.1 g/mol. The lowest BCUT2D eigenvalue weighted by atomic mass is 10.4. The first-order chi connectivity index (χ1) is 2.91. The van der Waals surface area contributed by atoms with E-state index >= 15 is 0 Å². The standard InChI is InChI=1S/C6H7/c1-3-5-6-4-2/h1,5-6H,2,4H2. The maximum Gasteiger partial charge on any atom is -0.0162 e. The highest BCUT2D eigenvalue weighted by atomic mass is 13.6. The van der Waals surface area contributed by atoms with Gasteiger partial charge in [-0.3, -0.25) is 0 Å². The molecule has 0 aromatic carbocycles. The summed E-state index contributed by atoms with van der Waals surface area (Å²) in [5, 5.41) is 0. The van der Waals surface area contributed by atoms with Crippen LogP contribution in [0.1, 0.15) is 6.42 Å². The van der Waals surface area contributed by atoms with Gasteiger partial charge in [0.15, 0.2) is 0 Å². The van der Waals surface area contributed by atoms with E-state index in [9.17, 15) is 0 Å². The van der Waals surface area contributed by atoms with Crippen molar-refractivity contribution in [2.24, 2.45) is 0 Å². The van der Waals surface area contributed by atoms with Crippen molar-refractivity contribution in [3.8, 4) is 12.3 Å². The molecule has 0 N–H and O–H groups in total. The molecule has 0 heterocycles. The Morgan fingerprint density at radius 1 is 1.83 bits per heavy atom. The van der Waals surface area contributed by atoms with Gasteiger partial charge < -0.3 is 0 Å². The maximum absolute atomic E-state index is 4.85. The van der Waals surface area contributed by atoms with Crippen LogP contribution in [0.3, 0.4) is 0 Å². The smallest absolute Gasteiger partial charge is 0.0162 e. The van der Waals surface area contributed by atoms with Gasteiger partial charge in [-0.05, 0) is 19.4 Å². The van der Waals surface area contributed by atoms with Crippen LogP contribution in [-0.4, -0.2) is 0 Å². The Balaban J connectivity index is 3.02. The number of hydrogen-bond donors (Lipinski definition) is 0. The van der Waals surface area contributed by atoms with E-state index in [1.807, 2.05) is 6.08 Å². The maximum atomic E-state index is 4.85. The Labute approximate surface area is 38.9 Å². The molecule has 0 aromatic heterocycles. The minimum Gasteiger partial charge on any atom is -0.115 e. The molecule has 0 aliphatic rings. The number of rotatable bonds is 1. The third-order valence-corrected chi connectivity index (χ3v) is 0.381. The van der Waals surface area contributed by atoms with Crippen molar-refractivity contribution in [3.63, 3.8) is 0 Å². The predicted molar refractivity (Wildman–Crippen MR) is 27.9 cm³/mol. The van der Waals surface area contributed by atoms with Crippen LogP contribution in [-0.2, 0) is 0 Å². The predicted octanol–water partition coefficient (Wildman–Crippen LogP) is 1.40. The number of hydrogen-bond acceptors (Lipinski definition) is 0. The van der Waals surface area contributed by atoms with E-state index in [1.165, 1.54) is 0 Å². The molecule has 0 bridgehead atoms. The summed E-state index contributed by atoms with van der Waals surface area (Å²) < 4.78 is 0. The van der Waals surface area contributed by atoms with Gasteiger partial charge in [0.05, 0.1) is 0 Å². The summed E-state index contributed by atoms with van der Waals surface area (Å²) >= 11 is 0. The summed E-state index contributed by atoms with van der Waals surface area (Å²) in [6.45, 7) is 3.54. The van der Waals surface area contributed by atoms with E-state index < -0.39 is 0 Å². The van der Waals surface area contributed by atoms with E-state index in [0.717, 1.165) is 6.42 Å². The molecule has 31 valence electrons. The number of terminal acetylenes is 1. The molecule has 0 saturated carbocycles. The Bertz CT molecular complexity index is 72.5. The van der Waals surface area contributed by atoms with E-state index in [2.05, 4.69) is 12.8 Å². The summed E-state index contributed by atoms with van der Waals surface area (Å²) in [4.78, 5) is 0. The van der Waals surface area contributed by atoms with Gasteiger partial charge in [-0.25, -0.2) is 0 Å². The zero-order chi connectivity index (χ0) is 4.83. The molecule has 0 atom stereocenters. The van der Waals surface area contributed by atoms with Gasteiger partial charge >= 0.3 is 0 Å². The molecule has 6 heavy (non-hydrogen) atoms. The molecule has 1 radical (unpaired) electrons. The first kappa shape index (κ1) is 5.30. The first-order valence-corrected chi connectivity index (χ1v) is 1.82. The zero-order valence-corrected chi connectivity index (χ0v) is 3.65. The van der Waals surface area contributed by atoms with Crippen molar-refractivity contribution in [2.45, 2.75) is 6.42 Å². The summed E-state index contributed by atoms with van der Waals surface area (Å²) in [5.41, 5.74) is 0. The van der Waals surface area contributed by atoms with Crippen molar-refractivity contribution in [1.82, 2.24) is 0 Å². The second-order valence-corrected chi connectivity index (χ2v) is 0.858. The van der Waals surface area contributed by atoms with E-state index in [1.54, 1.807) is 6.08 Å². The van der Waals surface area contributed by atoms with Crippen molar-refractivity contribution < 1.29 is 0 Å². The molecular weight excluding hydrogens is 72.1 g/mol. The van der Waals surface area contributed by atoms with Crippen molar-refractivity contribution in [1.29, 1.82) is 0 Å². The summed E-state index contributed by atoms with van der Waals surface area (Å²) in [7, 11) is 0. The van der Waals surface area contributed by atoms with Crippen molar-refractivity contribution in [3.05, 3.63) is 19.1 Å². The Morgan fingerprint density at radius 3 is 2.67 bits per heavy atom. The van der Waals surface area contributed by atoms with Crippen LogP contribution >= 0.6 is 0 Å². The lowest BCUT2D eigenvalue weighted by molar-refractivity contribution is 1.41. The van der Waals surface area contributed by atoms with Gasteiger partial charge in [-0.15, -0.1) is 6.42 Å². The van der Waals surface area contributed by atoms with E-state index in [-0.39, 0.29) is 0 Å². The second-order valence-electron chi connectivity index (χ2n) is 0.858. The van der Waals surface area contributed by atoms with Crippen LogP contribution in [0, 0.1) is 19.3 Å². The molecule has 0 rings (SSSR count). The van der Waals surface area contributed by atoms with Crippen molar-refractivity contribution >= 4 is 0 Å². The molecule has 0 spiro atoms. The Hall–Kier alpha value is -0.700. The lowest BCUT2D eigenvalue weighted by Gasteiger charge is -1.65. The summed E-state index contributed by atoms with van der Waals surface area (Å²) in [5.74, 6) is 2.35. The molecule has 0 unspecified atom stereocenters. The largest absolute Gasteiger partial charge is 0.115 e. The Kier molecular flexibility index (Phi) is 3.80. The quantitative estimate of drug-likeness (QED) is 0.417. The average Bonchev–Trinajstić information content (AvgIpc) is 1.61. The molecule has 0 aliphatic carbocycles. The fourth-order valence-electron chi connectivity index (χ4n) is 0.151. The van der Waals surface area contributed by atoms with Crippen LogP contribution in [0.4, 0.5) is 0 Å². The third kappa shape index (κ3) is 3.30. The van der Waals surface area contributed by atoms with Gasteiger partial charge in [0.25, 0.3) is 0 Å². The minimum atomic E-state index is 0.782. The zero-order valence-electron chi connectivity index (χ0n) is 3.65. The molecule has 0 heteroatoms. The fourth-order valence-corrected chi connectivity index (χ4v) is 0.151. The van der Waals surface area contributed by atoms with Gasteiger partial charge in [0.2, 0.25) is 0 Å². The third-order valence-electron chi connectivity index (χ3n) is 0.381. The topological polar surface area (TPSA) is 0 Å². The highest BCUT2D eigenvalue weighted by Crippen LogP contribution is 1.73. The van der Waals surface area contributed by atoms with Gasteiger partial charge in [-0.1, -0.05) is 12.0 Å². The van der Waals surface area contributed by atoms with Gasteiger partial charge in [-0.2, -0.15) is 0 Å². The Morgan fingerprint density at radius 2 is 2.50 bits per heavy atom. The molecule has 0 nitrogen and oxygen atoms in total. The van der Waals surface area contributed by atoms with Crippen LogP contribution in [0.15, 0.2) is 12.2 Å². The van der Waals surface area contributed by atoms with Crippen LogP contribution in [0.5, 0.6) is 0 Å². The highest BCUT2D eigenvalue weighted by Gasteiger charge is 1.55. The average molecular weight is 79.1 g/mol. The molecule has 0 amide bonds. The molecule has 0 fully saturated rings. The minimum absolute atomic E-state index is 0.782. The fraction of sp³-hybridized carbons (Fsp3) is 0.167. The summed E-state index contributed by atoms with van der Waals surface area (Å²) in [6.07, 6.45) is 9.11. The lowest BCUT2D eigenvalue weighted by Crippen LogP contribution is -1.47. The van der Waals surface area contributed by atoms with Crippen LogP contribution in [0.2, 0.25) is 0 Å². The normalized spacial score (nSPS) is 8.67. The van der Waals surface area contributed by atoms with Crippen LogP contribution < -0.4 is 0 Å². The van der Waals surface area contributed by atoms with E-state index in [4.69, 9.17) is 6.42 Å². The summed E-state index contributed by atoms with van der Waals surface area (Å²) in [6, 6.07) is 0. The number of allylic oxidation sites excluding steroid dienone is 2.